The maximum atomic E-state index is 13.4. The molecule has 4 unspecified atom stereocenters. The number of carbonyl (C=O) groups excluding carboxylic acids is 4. The van der Waals surface area contributed by atoms with Gasteiger partial charge in [0, 0.05) is 35.1 Å². The molecule has 2 fully saturated rings. The number of imide groups is 1. The summed E-state index contributed by atoms with van der Waals surface area (Å²) in [5.41, 5.74) is 3.87. The fraction of sp³-hybridized carbons (Fsp3) is 0.242. The molecule has 1 aliphatic carbocycles. The summed E-state index contributed by atoms with van der Waals surface area (Å²) in [6, 6.07) is 19.2. The number of benzene rings is 3. The lowest BCUT2D eigenvalue weighted by atomic mass is 9.81. The third-order valence-corrected chi connectivity index (χ3v) is 11.8. The van der Waals surface area contributed by atoms with Crippen LogP contribution in [0.2, 0.25) is 0 Å². The van der Waals surface area contributed by atoms with Gasteiger partial charge in [-0.15, -0.1) is 0 Å². The molecule has 44 heavy (non-hydrogen) atoms. The van der Waals surface area contributed by atoms with Gasteiger partial charge in [0.15, 0.2) is 12.4 Å². The van der Waals surface area contributed by atoms with Gasteiger partial charge in [0.05, 0.1) is 34.3 Å². The molecule has 4 aromatic rings. The molecule has 0 N–H and O–H groups in total. The van der Waals surface area contributed by atoms with Crippen LogP contribution in [0.4, 0.5) is 5.69 Å². The van der Waals surface area contributed by atoms with Gasteiger partial charge < -0.3 is 4.74 Å². The molecule has 224 valence electrons. The highest BCUT2D eigenvalue weighted by atomic mass is 79.9. The monoisotopic (exact) mass is 844 g/mol. The van der Waals surface area contributed by atoms with Crippen molar-refractivity contribution < 1.29 is 23.9 Å². The molecule has 2 amide bonds. The molecular formula is C33H24Br4N2O5. The van der Waals surface area contributed by atoms with E-state index >= 15 is 0 Å². The standard InChI is InChI=1S/C33H24Br4N2O5/c1-16-10-20(35)11-22-25(33(43)44-15-29(40)18-2-6-19(34)7-3-18)14-28(38-30(16)22)17-4-8-21(9-5-17)39-31(41)23-12-26(36)27(37)13-24(23)32(39)42/h2-11,14,23-24,26-27H,12-13,15H2,1H3. The highest BCUT2D eigenvalue weighted by Gasteiger charge is 2.52. The number of alkyl halides is 2. The predicted molar refractivity (Wildman–Crippen MR) is 183 cm³/mol. The molecular weight excluding hydrogens is 824 g/mol. The van der Waals surface area contributed by atoms with Crippen LogP contribution < -0.4 is 4.90 Å². The van der Waals surface area contributed by atoms with E-state index in [2.05, 4.69) is 63.7 Å². The average molecular weight is 848 g/mol. The van der Waals surface area contributed by atoms with Gasteiger partial charge in [-0.05, 0) is 67.8 Å². The third-order valence-electron chi connectivity index (χ3n) is 8.12. The minimum atomic E-state index is -0.649. The van der Waals surface area contributed by atoms with Gasteiger partial charge in [-0.3, -0.25) is 19.3 Å². The van der Waals surface area contributed by atoms with Crippen molar-refractivity contribution in [3.05, 3.63) is 92.4 Å². The van der Waals surface area contributed by atoms with E-state index in [9.17, 15) is 19.2 Å². The van der Waals surface area contributed by atoms with Crippen molar-refractivity contribution in [1.29, 1.82) is 0 Å². The van der Waals surface area contributed by atoms with Gasteiger partial charge in [0.1, 0.15) is 0 Å². The number of fused-ring (bicyclic) bond motifs is 2. The summed E-state index contributed by atoms with van der Waals surface area (Å²) < 4.78 is 7.11. The Labute approximate surface area is 287 Å². The number of ketones is 1. The molecule has 1 saturated carbocycles. The molecule has 11 heteroatoms. The molecule has 1 aromatic heterocycles. The Morgan fingerprint density at radius 1 is 0.864 bits per heavy atom. The van der Waals surface area contributed by atoms with Gasteiger partial charge in [-0.25, -0.2) is 9.78 Å². The van der Waals surface area contributed by atoms with E-state index in [1.807, 2.05) is 13.0 Å². The molecule has 1 saturated heterocycles. The number of halogens is 4. The van der Waals surface area contributed by atoms with E-state index in [1.165, 1.54) is 4.90 Å². The van der Waals surface area contributed by atoms with Gasteiger partial charge in [0.25, 0.3) is 0 Å². The lowest BCUT2D eigenvalue weighted by Crippen LogP contribution is -2.34. The summed E-state index contributed by atoms with van der Waals surface area (Å²) in [4.78, 5) is 59.1. The maximum Gasteiger partial charge on any atom is 0.339 e. The first-order chi connectivity index (χ1) is 21.0. The summed E-state index contributed by atoms with van der Waals surface area (Å²) in [6.07, 6.45) is 1.20. The molecule has 0 spiro atoms. The largest absolute Gasteiger partial charge is 0.454 e. The Balaban J connectivity index is 1.30. The van der Waals surface area contributed by atoms with E-state index in [1.54, 1.807) is 60.7 Å². The topological polar surface area (TPSA) is 93.6 Å². The van der Waals surface area contributed by atoms with Crippen LogP contribution in [0.3, 0.4) is 0 Å². The van der Waals surface area contributed by atoms with E-state index < -0.39 is 12.6 Å². The van der Waals surface area contributed by atoms with Crippen molar-refractivity contribution >= 4 is 104 Å². The van der Waals surface area contributed by atoms with E-state index in [-0.39, 0.29) is 44.7 Å². The minimum Gasteiger partial charge on any atom is -0.454 e. The number of hydrogen-bond acceptors (Lipinski definition) is 6. The zero-order chi connectivity index (χ0) is 31.3. The molecule has 0 radical (unpaired) electrons. The molecule has 2 heterocycles. The SMILES string of the molecule is Cc1cc(Br)cc2c(C(=O)OCC(=O)c3ccc(Br)cc3)cc(-c3ccc(N4C(=O)C5CC(Br)C(Br)CC5C4=O)cc3)nc12. The number of aromatic nitrogens is 1. The number of anilines is 1. The molecule has 2 aliphatic rings. The van der Waals surface area contributed by atoms with Crippen LogP contribution in [0.15, 0.2) is 75.7 Å². The van der Waals surface area contributed by atoms with Gasteiger partial charge >= 0.3 is 5.97 Å². The first kappa shape index (κ1) is 31.3. The number of carbonyl (C=O) groups is 4. The summed E-state index contributed by atoms with van der Waals surface area (Å²) in [5.74, 6) is -2.00. The quantitative estimate of drug-likeness (QED) is 0.0842. The van der Waals surface area contributed by atoms with E-state index in [0.29, 0.717) is 46.3 Å². The highest BCUT2D eigenvalue weighted by molar-refractivity contribution is 9.12. The number of ether oxygens (including phenoxy) is 1. The van der Waals surface area contributed by atoms with Crippen molar-refractivity contribution in [1.82, 2.24) is 4.98 Å². The number of rotatable bonds is 6. The molecule has 0 bridgehead atoms. The highest BCUT2D eigenvalue weighted by Crippen LogP contribution is 2.44. The Morgan fingerprint density at radius 2 is 1.48 bits per heavy atom. The number of nitrogens with zero attached hydrogens (tertiary/aromatic N) is 2. The van der Waals surface area contributed by atoms with E-state index in [4.69, 9.17) is 9.72 Å². The first-order valence-electron chi connectivity index (χ1n) is 13.8. The second kappa shape index (κ2) is 12.6. The van der Waals surface area contributed by atoms with Crippen LogP contribution in [-0.4, -0.2) is 44.8 Å². The summed E-state index contributed by atoms with van der Waals surface area (Å²) in [7, 11) is 0. The van der Waals surface area contributed by atoms with Crippen LogP contribution >= 0.6 is 63.7 Å². The predicted octanol–water partition coefficient (Wildman–Crippen LogP) is 8.20. The molecule has 3 aromatic carbocycles. The number of esters is 1. The van der Waals surface area contributed by atoms with Crippen molar-refractivity contribution in [3.63, 3.8) is 0 Å². The van der Waals surface area contributed by atoms with Crippen molar-refractivity contribution in [2.24, 2.45) is 11.8 Å². The first-order valence-corrected chi connectivity index (χ1v) is 17.3. The number of pyridine rings is 1. The number of hydrogen-bond donors (Lipinski definition) is 0. The normalized spacial score (nSPS) is 21.4. The van der Waals surface area contributed by atoms with Crippen LogP contribution in [-0.2, 0) is 14.3 Å². The lowest BCUT2D eigenvalue weighted by molar-refractivity contribution is -0.122. The Hall–Kier alpha value is -2.73. The Kier molecular flexibility index (Phi) is 8.94. The van der Waals surface area contributed by atoms with Gasteiger partial charge in [0.2, 0.25) is 11.8 Å². The molecule has 6 rings (SSSR count). The van der Waals surface area contributed by atoms with E-state index in [0.717, 1.165) is 14.5 Å². The lowest BCUT2D eigenvalue weighted by Gasteiger charge is -2.29. The van der Waals surface area contributed by atoms with Gasteiger partial charge in [-0.1, -0.05) is 88.0 Å². The number of Topliss-reactive ketones (excluding diaryl/α,β-unsaturated/α-hetero) is 1. The molecule has 4 atom stereocenters. The van der Waals surface area contributed by atoms with Crippen molar-refractivity contribution in [2.75, 3.05) is 11.5 Å². The van der Waals surface area contributed by atoms with Crippen LogP contribution in [0.25, 0.3) is 22.2 Å². The van der Waals surface area contributed by atoms with Gasteiger partial charge in [-0.2, -0.15) is 0 Å². The number of amides is 2. The fourth-order valence-electron chi connectivity index (χ4n) is 5.83. The molecule has 1 aliphatic heterocycles. The minimum absolute atomic E-state index is 0.130. The zero-order valence-electron chi connectivity index (χ0n) is 23.2. The second-order valence-electron chi connectivity index (χ2n) is 11.0. The molecule has 7 nitrogen and oxygen atoms in total. The van der Waals surface area contributed by atoms with Crippen LogP contribution in [0.5, 0.6) is 0 Å². The summed E-state index contributed by atoms with van der Waals surface area (Å²) >= 11 is 14.1. The summed E-state index contributed by atoms with van der Waals surface area (Å²) in [6.45, 7) is 1.49. The number of aryl methyl sites for hydroxylation is 1. The van der Waals surface area contributed by atoms with Crippen LogP contribution in [0, 0.1) is 18.8 Å². The maximum absolute atomic E-state index is 13.4. The smallest absolute Gasteiger partial charge is 0.339 e. The third kappa shape index (κ3) is 5.96. The fourth-order valence-corrected chi connectivity index (χ4v) is 7.91. The summed E-state index contributed by atoms with van der Waals surface area (Å²) in [5, 5.41) is 0.587. The second-order valence-corrected chi connectivity index (χ2v) is 15.1. The zero-order valence-corrected chi connectivity index (χ0v) is 29.6. The average Bonchev–Trinajstić information content (AvgIpc) is 3.24. The van der Waals surface area contributed by atoms with Crippen molar-refractivity contribution in [3.8, 4) is 11.3 Å². The van der Waals surface area contributed by atoms with Crippen molar-refractivity contribution in [2.45, 2.75) is 29.4 Å². The Morgan fingerprint density at radius 3 is 2.09 bits per heavy atom. The van der Waals surface area contributed by atoms with Crippen LogP contribution in [0.1, 0.15) is 39.1 Å². The Bertz CT molecular complexity index is 1800.